The lowest BCUT2D eigenvalue weighted by molar-refractivity contribution is 0.112. The maximum atomic E-state index is 12.4. The predicted molar refractivity (Wildman–Crippen MR) is 88.1 cm³/mol. The molecule has 0 saturated heterocycles. The standard InChI is InChI=1S/C18H16N2O3/c1-12-16(18(22)20(2)19-12)17-13(11-21)7-6-10-15(17)23-14-8-4-3-5-9-14/h3-11,19H,1-2H3. The van der Waals surface area contributed by atoms with Gasteiger partial charge in [-0.25, -0.2) is 0 Å². The van der Waals surface area contributed by atoms with E-state index in [1.165, 1.54) is 4.68 Å². The summed E-state index contributed by atoms with van der Waals surface area (Å²) in [5, 5.41) is 2.95. The van der Waals surface area contributed by atoms with Crippen molar-refractivity contribution in [1.29, 1.82) is 0 Å². The minimum Gasteiger partial charge on any atom is -0.457 e. The van der Waals surface area contributed by atoms with E-state index in [2.05, 4.69) is 5.10 Å². The van der Waals surface area contributed by atoms with Gasteiger partial charge in [0, 0.05) is 23.9 Å². The van der Waals surface area contributed by atoms with Gasteiger partial charge in [0.1, 0.15) is 11.5 Å². The summed E-state index contributed by atoms with van der Waals surface area (Å²) in [5.41, 5.74) is 1.85. The van der Waals surface area contributed by atoms with Crippen LogP contribution in [-0.2, 0) is 7.05 Å². The van der Waals surface area contributed by atoms with Crippen molar-refractivity contribution in [2.45, 2.75) is 6.92 Å². The summed E-state index contributed by atoms with van der Waals surface area (Å²) < 4.78 is 7.29. The highest BCUT2D eigenvalue weighted by molar-refractivity contribution is 5.91. The summed E-state index contributed by atoms with van der Waals surface area (Å²) in [6.07, 6.45) is 0.735. The van der Waals surface area contributed by atoms with Gasteiger partial charge in [-0.05, 0) is 25.1 Å². The van der Waals surface area contributed by atoms with Crippen LogP contribution in [0.3, 0.4) is 0 Å². The number of ether oxygens (including phenoxy) is 1. The van der Waals surface area contributed by atoms with Crippen molar-refractivity contribution in [3.8, 4) is 22.6 Å². The lowest BCUT2D eigenvalue weighted by Crippen LogP contribution is -2.14. The van der Waals surface area contributed by atoms with Gasteiger partial charge >= 0.3 is 0 Å². The van der Waals surface area contributed by atoms with Gasteiger partial charge in [0.05, 0.1) is 5.56 Å². The number of carbonyl (C=O) groups excluding carboxylic acids is 1. The van der Waals surface area contributed by atoms with Crippen LogP contribution < -0.4 is 10.3 Å². The van der Waals surface area contributed by atoms with Crippen molar-refractivity contribution in [1.82, 2.24) is 9.78 Å². The quantitative estimate of drug-likeness (QED) is 0.752. The van der Waals surface area contributed by atoms with Gasteiger partial charge in [0.15, 0.2) is 6.29 Å². The SMILES string of the molecule is Cc1[nH]n(C)c(=O)c1-c1c(C=O)cccc1Oc1ccccc1. The van der Waals surface area contributed by atoms with E-state index in [1.54, 1.807) is 32.2 Å². The largest absolute Gasteiger partial charge is 0.457 e. The molecule has 0 atom stereocenters. The Morgan fingerprint density at radius 3 is 2.39 bits per heavy atom. The topological polar surface area (TPSA) is 64.1 Å². The Bertz CT molecular complexity index is 908. The van der Waals surface area contributed by atoms with E-state index >= 15 is 0 Å². The van der Waals surface area contributed by atoms with Crippen LogP contribution in [0.25, 0.3) is 11.1 Å². The van der Waals surface area contributed by atoms with Crippen molar-refractivity contribution in [2.24, 2.45) is 7.05 Å². The number of nitrogens with one attached hydrogen (secondary N) is 1. The number of aldehydes is 1. The molecule has 0 aliphatic carbocycles. The van der Waals surface area contributed by atoms with Gasteiger partial charge in [-0.2, -0.15) is 0 Å². The number of aromatic nitrogens is 2. The number of aromatic amines is 1. The first-order valence-corrected chi connectivity index (χ1v) is 7.19. The van der Waals surface area contributed by atoms with Gasteiger partial charge in [0.25, 0.3) is 5.56 Å². The summed E-state index contributed by atoms with van der Waals surface area (Å²) in [4.78, 5) is 23.9. The molecule has 0 bridgehead atoms. The average Bonchev–Trinajstić information content (AvgIpc) is 2.81. The predicted octanol–water partition coefficient (Wildman–Crippen LogP) is 3.29. The molecule has 0 radical (unpaired) electrons. The Kier molecular flexibility index (Phi) is 3.85. The van der Waals surface area contributed by atoms with Crippen LogP contribution in [0.5, 0.6) is 11.5 Å². The van der Waals surface area contributed by atoms with Crippen molar-refractivity contribution in [2.75, 3.05) is 0 Å². The molecule has 0 unspecified atom stereocenters. The number of rotatable bonds is 4. The molecule has 5 nitrogen and oxygen atoms in total. The van der Waals surface area contributed by atoms with Crippen LogP contribution in [0.2, 0.25) is 0 Å². The van der Waals surface area contributed by atoms with Crippen LogP contribution in [-0.4, -0.2) is 16.1 Å². The molecule has 1 heterocycles. The third-order valence-corrected chi connectivity index (χ3v) is 3.64. The van der Waals surface area contributed by atoms with Gasteiger partial charge in [-0.3, -0.25) is 19.4 Å². The highest BCUT2D eigenvalue weighted by Crippen LogP contribution is 2.35. The number of H-pyrrole nitrogens is 1. The molecule has 1 N–H and O–H groups in total. The number of hydrogen-bond donors (Lipinski definition) is 1. The molecule has 0 amide bonds. The molecule has 0 aliphatic rings. The van der Waals surface area contributed by atoms with Crippen molar-refractivity contribution in [3.05, 3.63) is 70.1 Å². The Morgan fingerprint density at radius 2 is 1.78 bits per heavy atom. The first-order chi connectivity index (χ1) is 11.1. The Balaban J connectivity index is 2.22. The molecule has 0 spiro atoms. The van der Waals surface area contributed by atoms with E-state index in [0.717, 1.165) is 6.29 Å². The van der Waals surface area contributed by atoms with Gasteiger partial charge in [-0.15, -0.1) is 0 Å². The summed E-state index contributed by atoms with van der Waals surface area (Å²) in [6.45, 7) is 1.80. The molecule has 0 fully saturated rings. The second kappa shape index (κ2) is 5.96. The molecule has 1 aromatic heterocycles. The minimum atomic E-state index is -0.199. The Labute approximate surface area is 133 Å². The molecule has 3 aromatic rings. The molecule has 23 heavy (non-hydrogen) atoms. The monoisotopic (exact) mass is 308 g/mol. The van der Waals surface area contributed by atoms with Crippen LogP contribution in [0.15, 0.2) is 53.3 Å². The fourth-order valence-corrected chi connectivity index (χ4v) is 2.60. The zero-order chi connectivity index (χ0) is 16.4. The van der Waals surface area contributed by atoms with E-state index in [1.807, 2.05) is 30.3 Å². The smallest absolute Gasteiger partial charge is 0.274 e. The fourth-order valence-electron chi connectivity index (χ4n) is 2.60. The summed E-state index contributed by atoms with van der Waals surface area (Å²) >= 11 is 0. The normalized spacial score (nSPS) is 10.5. The average molecular weight is 308 g/mol. The molecule has 0 saturated carbocycles. The summed E-state index contributed by atoms with van der Waals surface area (Å²) in [6, 6.07) is 14.4. The highest BCUT2D eigenvalue weighted by atomic mass is 16.5. The zero-order valence-electron chi connectivity index (χ0n) is 12.9. The molecular formula is C18H16N2O3. The second-order valence-electron chi connectivity index (χ2n) is 5.23. The lowest BCUT2D eigenvalue weighted by atomic mass is 9.99. The number of para-hydroxylation sites is 1. The molecule has 2 aromatic carbocycles. The van der Waals surface area contributed by atoms with E-state index in [0.29, 0.717) is 33.9 Å². The number of carbonyl (C=O) groups is 1. The minimum absolute atomic E-state index is 0.199. The van der Waals surface area contributed by atoms with Crippen molar-refractivity contribution >= 4 is 6.29 Å². The van der Waals surface area contributed by atoms with Crippen molar-refractivity contribution in [3.63, 3.8) is 0 Å². The van der Waals surface area contributed by atoms with Gasteiger partial charge < -0.3 is 4.74 Å². The molecular weight excluding hydrogens is 292 g/mol. The van der Waals surface area contributed by atoms with E-state index < -0.39 is 0 Å². The molecule has 0 aliphatic heterocycles. The van der Waals surface area contributed by atoms with Crippen molar-refractivity contribution < 1.29 is 9.53 Å². The Hall–Kier alpha value is -3.08. The lowest BCUT2D eigenvalue weighted by Gasteiger charge is -2.12. The number of benzene rings is 2. The maximum Gasteiger partial charge on any atom is 0.274 e. The summed E-state index contributed by atoms with van der Waals surface area (Å²) in [5.74, 6) is 1.11. The third kappa shape index (κ3) is 2.68. The van der Waals surface area contributed by atoms with Gasteiger partial charge in [0.2, 0.25) is 0 Å². The van der Waals surface area contributed by atoms with Crippen LogP contribution >= 0.6 is 0 Å². The first-order valence-electron chi connectivity index (χ1n) is 7.19. The molecule has 3 rings (SSSR count). The number of nitrogens with zero attached hydrogens (tertiary/aromatic N) is 1. The second-order valence-corrected chi connectivity index (χ2v) is 5.23. The third-order valence-electron chi connectivity index (χ3n) is 3.64. The van der Waals surface area contributed by atoms with E-state index in [9.17, 15) is 9.59 Å². The first kappa shape index (κ1) is 14.8. The fraction of sp³-hybridized carbons (Fsp3) is 0.111. The highest BCUT2D eigenvalue weighted by Gasteiger charge is 2.20. The Morgan fingerprint density at radius 1 is 1.04 bits per heavy atom. The van der Waals surface area contributed by atoms with Crippen LogP contribution in [0.1, 0.15) is 16.1 Å². The molecule has 5 heteroatoms. The summed E-state index contributed by atoms with van der Waals surface area (Å²) in [7, 11) is 1.64. The zero-order valence-corrected chi connectivity index (χ0v) is 12.9. The number of aryl methyl sites for hydroxylation is 2. The van der Waals surface area contributed by atoms with Gasteiger partial charge in [-0.1, -0.05) is 30.3 Å². The maximum absolute atomic E-state index is 12.4. The molecule has 116 valence electrons. The van der Waals surface area contributed by atoms with E-state index in [4.69, 9.17) is 4.74 Å². The number of hydrogen-bond acceptors (Lipinski definition) is 3. The van der Waals surface area contributed by atoms with E-state index in [-0.39, 0.29) is 5.56 Å². The van der Waals surface area contributed by atoms with Crippen LogP contribution in [0.4, 0.5) is 0 Å². The van der Waals surface area contributed by atoms with Crippen LogP contribution in [0, 0.1) is 6.92 Å².